The first-order valence-corrected chi connectivity index (χ1v) is 8.64. The van der Waals surface area contributed by atoms with Gasteiger partial charge in [-0.1, -0.05) is 6.08 Å². The Labute approximate surface area is 90.3 Å². The fourth-order valence-corrected chi connectivity index (χ4v) is 6.34. The minimum absolute atomic E-state index is 0.420. The highest BCUT2D eigenvalue weighted by Crippen LogP contribution is 2.67. The maximum atomic E-state index is 10.8. The Hall–Kier alpha value is 0.190. The molecule has 0 saturated heterocycles. The van der Waals surface area contributed by atoms with Crippen LogP contribution in [0.4, 0.5) is 0 Å². The molecule has 12 heteroatoms. The molecule has 0 amide bonds. The van der Waals surface area contributed by atoms with Crippen molar-refractivity contribution in [2.45, 2.75) is 11.1 Å². The molecule has 1 atom stereocenters. The van der Waals surface area contributed by atoms with E-state index in [1.54, 1.807) is 0 Å². The van der Waals surface area contributed by atoms with Gasteiger partial charge < -0.3 is 29.4 Å². The van der Waals surface area contributed by atoms with Gasteiger partial charge in [0, 0.05) is 0 Å². The Balaban J connectivity index is 5.72. The highest BCUT2D eigenvalue weighted by Gasteiger charge is 2.53. The lowest BCUT2D eigenvalue weighted by atomic mass is 10.5. The first-order chi connectivity index (χ1) is 6.81. The quantitative estimate of drug-likeness (QED) is 0.286. The van der Waals surface area contributed by atoms with Gasteiger partial charge in [-0.3, -0.25) is 13.7 Å². The third kappa shape index (κ3) is 4.22. The highest BCUT2D eigenvalue weighted by atomic mass is 31.2. The molecule has 0 aromatic carbocycles. The van der Waals surface area contributed by atoms with Gasteiger partial charge in [0.2, 0.25) is 0 Å². The van der Waals surface area contributed by atoms with Crippen molar-refractivity contribution in [3.8, 4) is 0 Å². The largest absolute Gasteiger partial charge is 0.341 e. The second kappa shape index (κ2) is 4.82. The molecule has 1 unspecified atom stereocenters. The molecule has 16 heavy (non-hydrogen) atoms. The predicted octanol–water partition coefficient (Wildman–Crippen LogP) is -0.600. The van der Waals surface area contributed by atoms with E-state index in [9.17, 15) is 13.7 Å². The van der Waals surface area contributed by atoms with Crippen molar-refractivity contribution in [3.05, 3.63) is 12.7 Å². The molecule has 0 aliphatic carbocycles. The van der Waals surface area contributed by atoms with Crippen molar-refractivity contribution in [2.24, 2.45) is 0 Å². The van der Waals surface area contributed by atoms with Crippen LogP contribution in [0.25, 0.3) is 0 Å². The SMILES string of the molecule is C=CC(C(P(=O)(O)O)P(=O)(O)O)P(=O)(O)O. The van der Waals surface area contributed by atoms with Crippen LogP contribution in [0.3, 0.4) is 0 Å². The van der Waals surface area contributed by atoms with Gasteiger partial charge in [0.25, 0.3) is 0 Å². The van der Waals surface area contributed by atoms with Gasteiger partial charge in [0.1, 0.15) is 5.66 Å². The molecule has 0 aromatic heterocycles. The summed E-state index contributed by atoms with van der Waals surface area (Å²) < 4.78 is 32.5. The topological polar surface area (TPSA) is 173 Å². The lowest BCUT2D eigenvalue weighted by Crippen LogP contribution is -2.24. The average Bonchev–Trinajstić information content (AvgIpc) is 1.91. The molecule has 96 valence electrons. The standard InChI is InChI=1S/C4H11O9P3/c1-2-3(14(5,6)7)4(15(8,9)10)16(11,12)13/h2-4H,1H2,(H2,5,6,7)(H2,8,9,10)(H2,11,12,13). The van der Waals surface area contributed by atoms with Crippen LogP contribution in [0.5, 0.6) is 0 Å². The molecule has 0 saturated carbocycles. The van der Waals surface area contributed by atoms with Crippen LogP contribution in [-0.4, -0.2) is 40.4 Å². The molecule has 0 bridgehead atoms. The van der Waals surface area contributed by atoms with Crippen molar-refractivity contribution in [1.29, 1.82) is 0 Å². The fraction of sp³-hybridized carbons (Fsp3) is 0.500. The van der Waals surface area contributed by atoms with E-state index >= 15 is 0 Å². The van der Waals surface area contributed by atoms with Gasteiger partial charge in [-0.25, -0.2) is 0 Å². The normalized spacial score (nSPS) is 16.2. The molecule has 0 rings (SSSR count). The van der Waals surface area contributed by atoms with Crippen LogP contribution in [0.2, 0.25) is 0 Å². The molecule has 0 spiro atoms. The van der Waals surface area contributed by atoms with E-state index in [-0.39, 0.29) is 0 Å². The second-order valence-corrected chi connectivity index (χ2v) is 8.56. The van der Waals surface area contributed by atoms with Crippen LogP contribution in [0.1, 0.15) is 0 Å². The van der Waals surface area contributed by atoms with Gasteiger partial charge in [0.05, 0.1) is 0 Å². The molecule has 6 N–H and O–H groups in total. The lowest BCUT2D eigenvalue weighted by Gasteiger charge is -2.26. The Morgan fingerprint density at radius 1 is 0.812 bits per heavy atom. The van der Waals surface area contributed by atoms with Crippen molar-refractivity contribution < 1.29 is 43.1 Å². The summed E-state index contributed by atoms with van der Waals surface area (Å²) in [6.07, 6.45) is 0.420. The van der Waals surface area contributed by atoms with Crippen molar-refractivity contribution in [2.75, 3.05) is 0 Å². The minimum atomic E-state index is -5.39. The molecule has 0 aliphatic rings. The van der Waals surface area contributed by atoms with E-state index in [1.807, 2.05) is 0 Å². The van der Waals surface area contributed by atoms with Crippen LogP contribution >= 0.6 is 22.8 Å². The van der Waals surface area contributed by atoms with E-state index in [4.69, 9.17) is 29.4 Å². The van der Waals surface area contributed by atoms with Crippen molar-refractivity contribution >= 4 is 22.8 Å². The Morgan fingerprint density at radius 3 is 1.19 bits per heavy atom. The summed E-state index contributed by atoms with van der Waals surface area (Å²) in [5.41, 5.74) is -2.31. The van der Waals surface area contributed by atoms with E-state index in [2.05, 4.69) is 6.58 Å². The minimum Gasteiger partial charge on any atom is -0.324 e. The Kier molecular flexibility index (Phi) is 4.88. The van der Waals surface area contributed by atoms with Gasteiger partial charge in [-0.15, -0.1) is 6.58 Å². The molecule has 0 radical (unpaired) electrons. The smallest absolute Gasteiger partial charge is 0.324 e. The number of allylic oxidation sites excluding steroid dienone is 1. The molecule has 0 fully saturated rings. The molecule has 0 aromatic rings. The molecular weight excluding hydrogens is 285 g/mol. The third-order valence-corrected chi connectivity index (χ3v) is 7.21. The third-order valence-electron chi connectivity index (χ3n) is 1.62. The highest BCUT2D eigenvalue weighted by molar-refractivity contribution is 7.72. The number of hydrogen-bond donors (Lipinski definition) is 6. The monoisotopic (exact) mass is 296 g/mol. The fourth-order valence-electron chi connectivity index (χ4n) is 1.03. The van der Waals surface area contributed by atoms with E-state index in [0.717, 1.165) is 0 Å². The summed E-state index contributed by atoms with van der Waals surface area (Å²) in [5, 5.41) is -2.79. The average molecular weight is 296 g/mol. The van der Waals surface area contributed by atoms with Crippen LogP contribution in [0, 0.1) is 0 Å². The Morgan fingerprint density at radius 2 is 1.12 bits per heavy atom. The van der Waals surface area contributed by atoms with Crippen LogP contribution in [-0.2, 0) is 13.7 Å². The number of rotatable bonds is 5. The summed E-state index contributed by atoms with van der Waals surface area (Å²) in [6, 6.07) is 0. The van der Waals surface area contributed by atoms with E-state index in [1.165, 1.54) is 0 Å². The maximum absolute atomic E-state index is 10.8. The zero-order chi connectivity index (χ0) is 13.4. The number of hydrogen-bond acceptors (Lipinski definition) is 3. The first kappa shape index (κ1) is 16.2. The van der Waals surface area contributed by atoms with Crippen molar-refractivity contribution in [3.63, 3.8) is 0 Å². The summed E-state index contributed by atoms with van der Waals surface area (Å²) in [7, 11) is -15.9. The van der Waals surface area contributed by atoms with Gasteiger partial charge in [-0.2, -0.15) is 0 Å². The first-order valence-electron chi connectivity index (χ1n) is 3.60. The second-order valence-electron chi connectivity index (χ2n) is 2.91. The summed E-state index contributed by atoms with van der Waals surface area (Å²) >= 11 is 0. The summed E-state index contributed by atoms with van der Waals surface area (Å²) in [6.45, 7) is 2.90. The van der Waals surface area contributed by atoms with Crippen LogP contribution < -0.4 is 0 Å². The lowest BCUT2D eigenvalue weighted by molar-refractivity contribution is 0.324. The van der Waals surface area contributed by atoms with E-state index < -0.39 is 33.8 Å². The van der Waals surface area contributed by atoms with Crippen molar-refractivity contribution in [1.82, 2.24) is 0 Å². The van der Waals surface area contributed by atoms with Gasteiger partial charge in [0.15, 0.2) is 5.40 Å². The zero-order valence-corrected chi connectivity index (χ0v) is 10.4. The molecular formula is C4H11O9P3. The Bertz CT molecular complexity index is 375. The predicted molar refractivity (Wildman–Crippen MR) is 53.9 cm³/mol. The van der Waals surface area contributed by atoms with Gasteiger partial charge >= 0.3 is 22.8 Å². The summed E-state index contributed by atoms with van der Waals surface area (Å²) in [5.74, 6) is 0. The molecule has 0 aliphatic heterocycles. The summed E-state index contributed by atoms with van der Waals surface area (Å²) in [4.78, 5) is 52.3. The van der Waals surface area contributed by atoms with E-state index in [0.29, 0.717) is 6.08 Å². The molecule has 0 heterocycles. The zero-order valence-electron chi connectivity index (χ0n) is 7.69. The van der Waals surface area contributed by atoms with Gasteiger partial charge in [-0.05, 0) is 0 Å². The maximum Gasteiger partial charge on any atom is 0.341 e. The molecule has 9 nitrogen and oxygen atoms in total. The van der Waals surface area contributed by atoms with Crippen LogP contribution in [0.15, 0.2) is 12.7 Å².